The van der Waals surface area contributed by atoms with Crippen molar-refractivity contribution in [3.8, 4) is 0 Å². The summed E-state index contributed by atoms with van der Waals surface area (Å²) < 4.78 is 5.66. The molecule has 2 fully saturated rings. The van der Waals surface area contributed by atoms with Gasteiger partial charge in [-0.1, -0.05) is 26.7 Å². The molecule has 20 heavy (non-hydrogen) atoms. The van der Waals surface area contributed by atoms with Crippen LogP contribution in [0.5, 0.6) is 0 Å². The first-order chi connectivity index (χ1) is 8.91. The summed E-state index contributed by atoms with van der Waals surface area (Å²) in [6.07, 6.45) is 5.80. The van der Waals surface area contributed by atoms with Gasteiger partial charge in [0, 0.05) is 25.0 Å². The Bertz CT molecular complexity index is 343. The van der Waals surface area contributed by atoms with Gasteiger partial charge in [-0.05, 0) is 25.7 Å². The molecule has 5 heteroatoms. The number of carbonyl (C=O) groups is 1. The summed E-state index contributed by atoms with van der Waals surface area (Å²) in [6, 6.07) is 0. The zero-order valence-electron chi connectivity index (χ0n) is 12.9. The lowest BCUT2D eigenvalue weighted by Crippen LogP contribution is -2.75. The predicted octanol–water partition coefficient (Wildman–Crippen LogP) is 2.25. The van der Waals surface area contributed by atoms with Crippen LogP contribution < -0.4 is 11.1 Å². The second-order valence-electron chi connectivity index (χ2n) is 6.70. The number of nitrogens with two attached hydrogens (primary N) is 1. The molecule has 0 aromatic rings. The van der Waals surface area contributed by atoms with E-state index in [4.69, 9.17) is 10.5 Å². The number of amides is 1. The Kier molecular flexibility index (Phi) is 5.88. The molecule has 0 spiro atoms. The lowest BCUT2D eigenvalue weighted by molar-refractivity contribution is -0.170. The van der Waals surface area contributed by atoms with Crippen LogP contribution in [0, 0.1) is 11.3 Å². The second kappa shape index (κ2) is 6.63. The average molecular weight is 305 g/mol. The van der Waals surface area contributed by atoms with Crippen molar-refractivity contribution in [1.82, 2.24) is 5.32 Å². The molecular formula is C15H29ClN2O2. The fraction of sp³-hybridized carbons (Fsp3) is 0.933. The van der Waals surface area contributed by atoms with Gasteiger partial charge in [-0.3, -0.25) is 4.79 Å². The third kappa shape index (κ3) is 2.97. The molecule has 2 aliphatic rings. The number of ether oxygens (including phenoxy) is 1. The molecule has 0 aromatic heterocycles. The second-order valence-corrected chi connectivity index (χ2v) is 6.70. The Labute approximate surface area is 128 Å². The molecule has 118 valence electrons. The molecule has 0 bridgehead atoms. The molecule has 2 atom stereocenters. The first kappa shape index (κ1) is 17.7. The summed E-state index contributed by atoms with van der Waals surface area (Å²) in [7, 11) is 0. The highest BCUT2D eigenvalue weighted by molar-refractivity contribution is 5.88. The van der Waals surface area contributed by atoms with E-state index in [0.717, 1.165) is 6.54 Å². The van der Waals surface area contributed by atoms with Crippen LogP contribution in [-0.4, -0.2) is 30.7 Å². The van der Waals surface area contributed by atoms with E-state index in [1.54, 1.807) is 0 Å². The first-order valence-electron chi connectivity index (χ1n) is 7.60. The lowest BCUT2D eigenvalue weighted by atomic mass is 9.54. The summed E-state index contributed by atoms with van der Waals surface area (Å²) >= 11 is 0. The fourth-order valence-corrected chi connectivity index (χ4v) is 3.43. The van der Waals surface area contributed by atoms with Crippen LogP contribution in [0.1, 0.15) is 52.9 Å². The van der Waals surface area contributed by atoms with Crippen molar-refractivity contribution in [3.05, 3.63) is 0 Å². The molecule has 2 saturated carbocycles. The van der Waals surface area contributed by atoms with Crippen LogP contribution in [0.4, 0.5) is 0 Å². The first-order valence-corrected chi connectivity index (χ1v) is 7.60. The molecule has 0 heterocycles. The molecule has 0 radical (unpaired) electrons. The van der Waals surface area contributed by atoms with Crippen molar-refractivity contribution in [2.75, 3.05) is 13.2 Å². The number of carbonyl (C=O) groups excluding carboxylic acids is 1. The van der Waals surface area contributed by atoms with E-state index < -0.39 is 5.54 Å². The predicted molar refractivity (Wildman–Crippen MR) is 82.9 cm³/mol. The van der Waals surface area contributed by atoms with Crippen molar-refractivity contribution in [2.45, 2.75) is 64.5 Å². The molecule has 4 nitrogen and oxygen atoms in total. The maximum absolute atomic E-state index is 12.4. The zero-order chi connectivity index (χ0) is 14.1. The Morgan fingerprint density at radius 3 is 2.45 bits per heavy atom. The van der Waals surface area contributed by atoms with Gasteiger partial charge in [0.1, 0.15) is 5.54 Å². The van der Waals surface area contributed by atoms with Crippen LogP contribution in [0.15, 0.2) is 0 Å². The number of hydrogen-bond acceptors (Lipinski definition) is 3. The molecule has 2 rings (SSSR count). The smallest absolute Gasteiger partial charge is 0.240 e. The van der Waals surface area contributed by atoms with E-state index >= 15 is 0 Å². The van der Waals surface area contributed by atoms with Crippen LogP contribution >= 0.6 is 12.4 Å². The molecule has 2 unspecified atom stereocenters. The Balaban J connectivity index is 0.00000200. The number of rotatable bonds is 5. The van der Waals surface area contributed by atoms with Gasteiger partial charge >= 0.3 is 0 Å². The molecule has 0 aromatic carbocycles. The molecule has 3 N–H and O–H groups in total. The van der Waals surface area contributed by atoms with Gasteiger partial charge in [0.15, 0.2) is 0 Å². The molecule has 0 saturated heterocycles. The summed E-state index contributed by atoms with van der Waals surface area (Å²) in [6.45, 7) is 7.51. The zero-order valence-corrected chi connectivity index (χ0v) is 13.7. The van der Waals surface area contributed by atoms with Crippen molar-refractivity contribution in [1.29, 1.82) is 0 Å². The molecule has 2 aliphatic carbocycles. The normalized spacial score (nSPS) is 32.3. The SMILES string of the molecule is CCOC1CC(N)(C(=O)NCC2CCCC2)C1(C)C.Cl. The van der Waals surface area contributed by atoms with E-state index in [2.05, 4.69) is 5.32 Å². The summed E-state index contributed by atoms with van der Waals surface area (Å²) in [5.74, 6) is 0.652. The van der Waals surface area contributed by atoms with Gasteiger partial charge in [-0.2, -0.15) is 0 Å². The van der Waals surface area contributed by atoms with Gasteiger partial charge in [-0.25, -0.2) is 0 Å². The quantitative estimate of drug-likeness (QED) is 0.819. The van der Waals surface area contributed by atoms with Crippen molar-refractivity contribution in [2.24, 2.45) is 17.1 Å². The van der Waals surface area contributed by atoms with Gasteiger partial charge in [-0.15, -0.1) is 12.4 Å². The largest absolute Gasteiger partial charge is 0.378 e. The molecule has 0 aliphatic heterocycles. The minimum Gasteiger partial charge on any atom is -0.378 e. The van der Waals surface area contributed by atoms with E-state index in [-0.39, 0.29) is 29.8 Å². The van der Waals surface area contributed by atoms with Crippen LogP contribution in [0.25, 0.3) is 0 Å². The van der Waals surface area contributed by atoms with E-state index in [9.17, 15) is 4.79 Å². The highest BCUT2D eigenvalue weighted by Gasteiger charge is 2.62. The van der Waals surface area contributed by atoms with Crippen LogP contribution in [0.2, 0.25) is 0 Å². The van der Waals surface area contributed by atoms with Crippen LogP contribution in [0.3, 0.4) is 0 Å². The number of hydrogen-bond donors (Lipinski definition) is 2. The minimum atomic E-state index is -0.772. The van der Waals surface area contributed by atoms with Gasteiger partial charge in [0.2, 0.25) is 5.91 Å². The van der Waals surface area contributed by atoms with Crippen molar-refractivity contribution >= 4 is 18.3 Å². The average Bonchev–Trinajstić information content (AvgIpc) is 2.88. The molecule has 1 amide bonds. The minimum absolute atomic E-state index is 0. The highest BCUT2D eigenvalue weighted by Crippen LogP contribution is 2.49. The third-order valence-corrected chi connectivity index (χ3v) is 5.26. The molecular weight excluding hydrogens is 276 g/mol. The topological polar surface area (TPSA) is 64.3 Å². The maximum Gasteiger partial charge on any atom is 0.240 e. The van der Waals surface area contributed by atoms with E-state index in [1.165, 1.54) is 25.7 Å². The van der Waals surface area contributed by atoms with Gasteiger partial charge < -0.3 is 15.8 Å². The van der Waals surface area contributed by atoms with Gasteiger partial charge in [0.05, 0.1) is 6.10 Å². The monoisotopic (exact) mass is 304 g/mol. The highest BCUT2D eigenvalue weighted by atomic mass is 35.5. The lowest BCUT2D eigenvalue weighted by Gasteiger charge is -2.57. The number of nitrogens with one attached hydrogen (secondary N) is 1. The van der Waals surface area contributed by atoms with Crippen molar-refractivity contribution < 1.29 is 9.53 Å². The van der Waals surface area contributed by atoms with E-state index in [0.29, 0.717) is 18.9 Å². The Hall–Kier alpha value is -0.320. The summed E-state index contributed by atoms with van der Waals surface area (Å²) in [4.78, 5) is 12.4. The maximum atomic E-state index is 12.4. The van der Waals surface area contributed by atoms with Crippen LogP contribution in [-0.2, 0) is 9.53 Å². The summed E-state index contributed by atoms with van der Waals surface area (Å²) in [5, 5.41) is 3.07. The van der Waals surface area contributed by atoms with E-state index in [1.807, 2.05) is 20.8 Å². The standard InChI is InChI=1S/C15H28N2O2.ClH/c1-4-19-12-9-15(16,14(12,2)3)13(18)17-10-11-7-5-6-8-11;/h11-12H,4-10,16H2,1-3H3,(H,17,18);1H. The Morgan fingerprint density at radius 2 is 1.95 bits per heavy atom. The van der Waals surface area contributed by atoms with Crippen molar-refractivity contribution in [3.63, 3.8) is 0 Å². The summed E-state index contributed by atoms with van der Waals surface area (Å²) in [5.41, 5.74) is 5.28. The number of halogens is 1. The fourth-order valence-electron chi connectivity index (χ4n) is 3.43. The Morgan fingerprint density at radius 1 is 1.35 bits per heavy atom. The third-order valence-electron chi connectivity index (χ3n) is 5.26. The van der Waals surface area contributed by atoms with Gasteiger partial charge in [0.25, 0.3) is 0 Å².